The number of aromatic nitrogens is 2. The summed E-state index contributed by atoms with van der Waals surface area (Å²) >= 11 is 0. The summed E-state index contributed by atoms with van der Waals surface area (Å²) in [6.07, 6.45) is 3.56. The van der Waals surface area contributed by atoms with Crippen LogP contribution in [0, 0.1) is 5.41 Å². The fourth-order valence-corrected chi connectivity index (χ4v) is 1.47. The molecular formula is C14H14N2O3. The summed E-state index contributed by atoms with van der Waals surface area (Å²) in [5, 5.41) is 0. The van der Waals surface area contributed by atoms with Crippen LogP contribution in [-0.2, 0) is 4.79 Å². The van der Waals surface area contributed by atoms with Gasteiger partial charge in [-0.05, 0) is 32.9 Å². The predicted molar refractivity (Wildman–Crippen MR) is 70.0 cm³/mol. The Morgan fingerprint density at radius 3 is 2.68 bits per heavy atom. The minimum absolute atomic E-state index is 0.140. The van der Waals surface area contributed by atoms with Gasteiger partial charge in [0, 0.05) is 6.20 Å². The van der Waals surface area contributed by atoms with Crippen LogP contribution in [0.15, 0.2) is 24.5 Å². The average molecular weight is 258 g/mol. The van der Waals surface area contributed by atoms with Crippen molar-refractivity contribution in [2.75, 3.05) is 0 Å². The van der Waals surface area contributed by atoms with E-state index < -0.39 is 11.4 Å². The zero-order chi connectivity index (χ0) is 14.0. The fraction of sp³-hybridized carbons (Fsp3) is 0.286. The van der Waals surface area contributed by atoms with Gasteiger partial charge < -0.3 is 4.74 Å². The van der Waals surface area contributed by atoms with E-state index >= 15 is 0 Å². The number of hydrogen-bond donors (Lipinski definition) is 0. The van der Waals surface area contributed by atoms with E-state index in [1.54, 1.807) is 39.1 Å². The Bertz CT molecular complexity index is 645. The molecule has 0 radical (unpaired) electrons. The summed E-state index contributed by atoms with van der Waals surface area (Å²) in [7, 11) is 0. The average Bonchev–Trinajstić information content (AvgIpc) is 2.37. The molecular weight excluding hydrogens is 244 g/mol. The van der Waals surface area contributed by atoms with Crippen molar-refractivity contribution in [3.05, 3.63) is 30.1 Å². The molecule has 0 amide bonds. The van der Waals surface area contributed by atoms with Gasteiger partial charge in [-0.2, -0.15) is 0 Å². The highest BCUT2D eigenvalue weighted by Crippen LogP contribution is 2.25. The molecule has 0 atom stereocenters. The van der Waals surface area contributed by atoms with Crippen molar-refractivity contribution in [3.8, 4) is 5.75 Å². The number of esters is 1. The summed E-state index contributed by atoms with van der Waals surface area (Å²) in [6, 6.07) is 3.47. The molecule has 0 aliphatic rings. The Balaban J connectivity index is 2.50. The zero-order valence-corrected chi connectivity index (χ0v) is 11.0. The van der Waals surface area contributed by atoms with Gasteiger partial charge in [0.25, 0.3) is 0 Å². The summed E-state index contributed by atoms with van der Waals surface area (Å²) < 4.78 is 5.24. The number of hydrogen-bond acceptors (Lipinski definition) is 5. The van der Waals surface area contributed by atoms with E-state index in [0.29, 0.717) is 17.3 Å². The zero-order valence-electron chi connectivity index (χ0n) is 11.0. The van der Waals surface area contributed by atoms with Gasteiger partial charge in [0.05, 0.1) is 22.7 Å². The first kappa shape index (κ1) is 13.1. The highest BCUT2D eigenvalue weighted by molar-refractivity contribution is 5.97. The molecule has 0 aliphatic carbocycles. The van der Waals surface area contributed by atoms with E-state index in [9.17, 15) is 9.59 Å². The third-order valence-electron chi connectivity index (χ3n) is 2.56. The monoisotopic (exact) mass is 258 g/mol. The minimum atomic E-state index is -0.654. The molecule has 0 fully saturated rings. The van der Waals surface area contributed by atoms with Crippen LogP contribution in [0.25, 0.3) is 11.0 Å². The van der Waals surface area contributed by atoms with Gasteiger partial charge in [0.2, 0.25) is 0 Å². The molecule has 98 valence electrons. The van der Waals surface area contributed by atoms with Gasteiger partial charge in [-0.15, -0.1) is 0 Å². The first-order chi connectivity index (χ1) is 8.93. The molecule has 19 heavy (non-hydrogen) atoms. The maximum Gasteiger partial charge on any atom is 0.316 e. The van der Waals surface area contributed by atoms with Gasteiger partial charge in [0.1, 0.15) is 5.52 Å². The molecule has 5 nitrogen and oxygen atoms in total. The fourth-order valence-electron chi connectivity index (χ4n) is 1.47. The Labute approximate surface area is 110 Å². The third kappa shape index (κ3) is 2.59. The first-order valence-corrected chi connectivity index (χ1v) is 5.84. The van der Waals surface area contributed by atoms with Crippen molar-refractivity contribution in [2.24, 2.45) is 5.41 Å². The number of nitrogens with zero attached hydrogens (tertiary/aromatic N) is 2. The number of carbonyl (C=O) groups is 2. The Kier molecular flexibility index (Phi) is 3.29. The number of fused-ring (bicyclic) bond motifs is 1. The molecule has 0 unspecified atom stereocenters. The highest BCUT2D eigenvalue weighted by atomic mass is 16.5. The lowest BCUT2D eigenvalue weighted by atomic mass is 9.97. The maximum absolute atomic E-state index is 11.9. The van der Waals surface area contributed by atoms with E-state index in [2.05, 4.69) is 9.97 Å². The quantitative estimate of drug-likeness (QED) is 0.611. The molecule has 0 saturated heterocycles. The molecule has 0 aliphatic heterocycles. The Morgan fingerprint density at radius 2 is 2.05 bits per heavy atom. The molecule has 0 bridgehead atoms. The molecule has 2 aromatic heterocycles. The van der Waals surface area contributed by atoms with Crippen molar-refractivity contribution in [2.45, 2.75) is 20.8 Å². The van der Waals surface area contributed by atoms with Crippen molar-refractivity contribution in [3.63, 3.8) is 0 Å². The second kappa shape index (κ2) is 4.76. The number of pyridine rings is 2. The molecule has 0 aromatic carbocycles. The second-order valence-electron chi connectivity index (χ2n) is 5.16. The van der Waals surface area contributed by atoms with E-state index in [1.807, 2.05) is 0 Å². The lowest BCUT2D eigenvalue weighted by Gasteiger charge is -2.17. The minimum Gasteiger partial charge on any atom is -0.424 e. The molecule has 5 heteroatoms. The van der Waals surface area contributed by atoms with Gasteiger partial charge >= 0.3 is 5.97 Å². The standard InChI is InChI=1S/C14H14N2O3/c1-14(2,3)13(18)19-11-7-16-10-5-4-6-15-12(10)9(11)8-17/h4-8H,1-3H3. The van der Waals surface area contributed by atoms with Crippen LogP contribution in [0.4, 0.5) is 0 Å². The largest absolute Gasteiger partial charge is 0.424 e. The lowest BCUT2D eigenvalue weighted by molar-refractivity contribution is -0.143. The van der Waals surface area contributed by atoms with E-state index in [4.69, 9.17) is 4.74 Å². The van der Waals surface area contributed by atoms with E-state index in [-0.39, 0.29) is 11.3 Å². The second-order valence-corrected chi connectivity index (χ2v) is 5.16. The normalized spacial score (nSPS) is 11.3. The molecule has 2 heterocycles. The topological polar surface area (TPSA) is 69.2 Å². The lowest BCUT2D eigenvalue weighted by Crippen LogP contribution is -2.26. The van der Waals surface area contributed by atoms with Crippen LogP contribution in [-0.4, -0.2) is 22.2 Å². The molecule has 0 N–H and O–H groups in total. The maximum atomic E-state index is 11.9. The smallest absolute Gasteiger partial charge is 0.316 e. The van der Waals surface area contributed by atoms with Crippen LogP contribution >= 0.6 is 0 Å². The number of aldehydes is 1. The van der Waals surface area contributed by atoms with Crippen molar-refractivity contribution in [1.29, 1.82) is 0 Å². The van der Waals surface area contributed by atoms with Crippen LogP contribution < -0.4 is 4.74 Å². The molecule has 2 rings (SSSR count). The van der Waals surface area contributed by atoms with Gasteiger partial charge in [-0.3, -0.25) is 19.6 Å². The van der Waals surface area contributed by atoms with Crippen LogP contribution in [0.1, 0.15) is 31.1 Å². The summed E-state index contributed by atoms with van der Waals surface area (Å²) in [6.45, 7) is 5.22. The Morgan fingerprint density at radius 1 is 1.32 bits per heavy atom. The number of carbonyl (C=O) groups excluding carboxylic acids is 2. The van der Waals surface area contributed by atoms with Gasteiger partial charge in [-0.1, -0.05) is 0 Å². The number of rotatable bonds is 2. The van der Waals surface area contributed by atoms with Crippen LogP contribution in [0.5, 0.6) is 5.75 Å². The van der Waals surface area contributed by atoms with Crippen LogP contribution in [0.3, 0.4) is 0 Å². The summed E-state index contributed by atoms with van der Waals surface area (Å²) in [5.74, 6) is -0.284. The van der Waals surface area contributed by atoms with Crippen LogP contribution in [0.2, 0.25) is 0 Å². The molecule has 0 saturated carbocycles. The summed E-state index contributed by atoms with van der Waals surface area (Å²) in [4.78, 5) is 31.3. The van der Waals surface area contributed by atoms with Crippen molar-refractivity contribution >= 4 is 23.3 Å². The Hall–Kier alpha value is -2.30. The number of ether oxygens (including phenoxy) is 1. The molecule has 2 aromatic rings. The van der Waals surface area contributed by atoms with E-state index in [0.717, 1.165) is 0 Å². The van der Waals surface area contributed by atoms with E-state index in [1.165, 1.54) is 6.20 Å². The SMILES string of the molecule is CC(C)(C)C(=O)Oc1cnc2cccnc2c1C=O. The third-order valence-corrected chi connectivity index (χ3v) is 2.56. The van der Waals surface area contributed by atoms with Crippen molar-refractivity contribution in [1.82, 2.24) is 9.97 Å². The first-order valence-electron chi connectivity index (χ1n) is 5.84. The predicted octanol–water partition coefficient (Wildman–Crippen LogP) is 2.39. The summed E-state index contributed by atoms with van der Waals surface area (Å²) in [5.41, 5.74) is 0.597. The van der Waals surface area contributed by atoms with Crippen molar-refractivity contribution < 1.29 is 14.3 Å². The molecule has 0 spiro atoms. The van der Waals surface area contributed by atoms with Gasteiger partial charge in [0.15, 0.2) is 12.0 Å². The van der Waals surface area contributed by atoms with Gasteiger partial charge in [-0.25, -0.2) is 0 Å². The highest BCUT2D eigenvalue weighted by Gasteiger charge is 2.25.